The van der Waals surface area contributed by atoms with Crippen LogP contribution >= 0.6 is 0 Å². The maximum absolute atomic E-state index is 2.56. The molecule has 6 aliphatic carbocycles. The predicted octanol–water partition coefficient (Wildman–Crippen LogP) is 34.2. The predicted molar refractivity (Wildman–Crippen MR) is 574 cm³/mol. The molecule has 0 aliphatic heterocycles. The van der Waals surface area contributed by atoms with E-state index in [-0.39, 0.29) is 10.8 Å². The van der Waals surface area contributed by atoms with Crippen molar-refractivity contribution in [1.29, 1.82) is 0 Å². The zero-order chi connectivity index (χ0) is 91.8. The van der Waals surface area contributed by atoms with Gasteiger partial charge in [-0.1, -0.05) is 464 Å². The Morgan fingerprint density at radius 3 is 0.681 bits per heavy atom. The Morgan fingerprint density at radius 1 is 0.130 bits per heavy atom. The van der Waals surface area contributed by atoms with Gasteiger partial charge in [0.15, 0.2) is 0 Å². The van der Waals surface area contributed by atoms with Gasteiger partial charge in [0.1, 0.15) is 0 Å². The van der Waals surface area contributed by atoms with Crippen molar-refractivity contribution in [3.05, 3.63) is 621 Å². The average molecular weight is 1760 g/mol. The fourth-order valence-corrected chi connectivity index (χ4v) is 26.5. The van der Waals surface area contributed by atoms with Gasteiger partial charge in [-0.05, 0) is 272 Å². The first kappa shape index (κ1) is 80.8. The fourth-order valence-electron chi connectivity index (χ4n) is 26.5. The Bertz CT molecular complexity index is 8380. The number of rotatable bonds is 11. The molecule has 2 heteroatoms. The van der Waals surface area contributed by atoms with Crippen molar-refractivity contribution in [1.82, 2.24) is 0 Å². The summed E-state index contributed by atoms with van der Waals surface area (Å²) in [4.78, 5) is 5.03. The molecule has 22 aromatic rings. The van der Waals surface area contributed by atoms with E-state index >= 15 is 0 Å². The summed E-state index contributed by atoms with van der Waals surface area (Å²) in [7, 11) is 0. The van der Waals surface area contributed by atoms with E-state index in [0.29, 0.717) is 0 Å². The summed E-state index contributed by atoms with van der Waals surface area (Å²) in [6.45, 7) is 9.56. The molecule has 0 atom stereocenters. The molecule has 6 aliphatic rings. The van der Waals surface area contributed by atoms with Crippen LogP contribution in [-0.2, 0) is 32.5 Å². The van der Waals surface area contributed by atoms with Gasteiger partial charge in [0.2, 0.25) is 0 Å². The number of nitrogens with zero attached hydrogens (tertiary/aromatic N) is 2. The molecule has 0 saturated heterocycles. The Kier molecular flexibility index (Phi) is 18.1. The number of hydrogen-bond acceptors (Lipinski definition) is 2. The quantitative estimate of drug-likeness (QED) is 0.119. The zero-order valence-corrected chi connectivity index (χ0v) is 77.4. The van der Waals surface area contributed by atoms with E-state index in [2.05, 4.69) is 547 Å². The topological polar surface area (TPSA) is 6.48 Å². The van der Waals surface area contributed by atoms with Gasteiger partial charge < -0.3 is 9.80 Å². The van der Waals surface area contributed by atoms with Crippen LogP contribution in [0.5, 0.6) is 0 Å². The van der Waals surface area contributed by atoms with Crippen molar-refractivity contribution in [2.24, 2.45) is 0 Å². The van der Waals surface area contributed by atoms with E-state index in [0.717, 1.165) is 34.1 Å². The van der Waals surface area contributed by atoms with E-state index in [4.69, 9.17) is 0 Å². The highest BCUT2D eigenvalue weighted by Gasteiger charge is 2.59. The van der Waals surface area contributed by atoms with Gasteiger partial charge in [-0.25, -0.2) is 0 Å². The van der Waals surface area contributed by atoms with E-state index < -0.39 is 21.7 Å². The van der Waals surface area contributed by atoms with Crippen LogP contribution in [0, 0.1) is 0 Å². The molecule has 2 nitrogen and oxygen atoms in total. The van der Waals surface area contributed by atoms with Crippen LogP contribution < -0.4 is 9.80 Å². The first-order valence-corrected chi connectivity index (χ1v) is 48.7. The molecule has 0 aromatic heterocycles. The second-order valence-corrected chi connectivity index (χ2v) is 39.4. The monoisotopic (exact) mass is 1760 g/mol. The van der Waals surface area contributed by atoms with Gasteiger partial charge >= 0.3 is 0 Å². The number of fused-ring (bicyclic) bond motifs is 30. The normalized spacial score (nSPS) is 14.9. The molecule has 0 bridgehead atoms. The summed E-state index contributed by atoms with van der Waals surface area (Å²) < 4.78 is 0. The minimum atomic E-state index is -0.622. The van der Waals surface area contributed by atoms with Crippen molar-refractivity contribution < 1.29 is 0 Å². The minimum Gasteiger partial charge on any atom is -0.310 e. The highest BCUT2D eigenvalue weighted by atomic mass is 15.1. The molecule has 22 aromatic carbocycles. The summed E-state index contributed by atoms with van der Waals surface area (Å²) in [5, 5.41) is 7.57. The van der Waals surface area contributed by atoms with Crippen LogP contribution in [0.25, 0.3) is 88.0 Å². The van der Waals surface area contributed by atoms with E-state index in [1.54, 1.807) is 0 Å². The van der Waals surface area contributed by atoms with Crippen molar-refractivity contribution in [3.63, 3.8) is 0 Å². The fraction of sp³-hybridized carbons (Fsp3) is 0.0735. The lowest BCUT2D eigenvalue weighted by Gasteiger charge is -2.50. The van der Waals surface area contributed by atoms with Gasteiger partial charge in [0.05, 0.1) is 21.7 Å². The molecule has 0 fully saturated rings. The third kappa shape index (κ3) is 11.3. The van der Waals surface area contributed by atoms with Gasteiger partial charge in [0.25, 0.3) is 0 Å². The zero-order valence-electron chi connectivity index (χ0n) is 77.4. The van der Waals surface area contributed by atoms with Crippen LogP contribution in [0.3, 0.4) is 0 Å². The summed E-state index contributed by atoms with van der Waals surface area (Å²) in [6.07, 6.45) is 0. The molecule has 0 N–H and O–H groups in total. The van der Waals surface area contributed by atoms with Crippen LogP contribution in [-0.4, -0.2) is 0 Å². The van der Waals surface area contributed by atoms with Crippen molar-refractivity contribution in [2.75, 3.05) is 9.80 Å². The molecular formula is C136H96N2. The van der Waals surface area contributed by atoms with Gasteiger partial charge in [-0.15, -0.1) is 0 Å². The summed E-state index contributed by atoms with van der Waals surface area (Å²) >= 11 is 0. The third-order valence-electron chi connectivity index (χ3n) is 32.2. The van der Waals surface area contributed by atoms with Crippen molar-refractivity contribution in [2.45, 2.75) is 60.2 Å². The number of benzene rings is 22. The molecule has 0 radical (unpaired) electrons. The molecule has 0 unspecified atom stereocenters. The van der Waals surface area contributed by atoms with Crippen LogP contribution in [0.1, 0.15) is 139 Å². The molecule has 0 saturated carbocycles. The molecular weight excluding hydrogens is 1660 g/mol. The molecule has 0 heterocycles. The first-order valence-electron chi connectivity index (χ1n) is 48.7. The van der Waals surface area contributed by atoms with Gasteiger partial charge in [-0.3, -0.25) is 0 Å². The maximum atomic E-state index is 2.56. The standard InChI is InChI=1S/C68H51N.C68H45N/c1-65(2)55-28-14-11-25-49(55)52-38-35-46(41-62(52)65)69(47-36-39-53-50-26-12-15-29-56(50)66(3,4)63(53)42-47)48-37-40-54-51-27-13-16-30-57(51)68(64(54)43-48)60-33-19-17-31-58(60)67(44-21-7-5-8-22-44,45-23-9-6-10-24-45)59-32-18-20-34-61(59)68;1-4-20-46(21-5-1)47-36-38-50(39-37-47)69(51-40-42-57-55-28-11-10-26-53(55)54-27-12-13-29-56(54)60(57)44-51)52-41-43-59-58-30-14-15-31-61(58)68(66(59)45-52)64-34-18-16-32-62(64)67(48-22-6-2-7-23-48,49-24-8-3-9-25-49)63-33-17-19-35-65(63)68/h5-43H,1-4H3;1-45H. The second-order valence-electron chi connectivity index (χ2n) is 39.4. The first-order chi connectivity index (χ1) is 68.0. The van der Waals surface area contributed by atoms with Crippen molar-refractivity contribution >= 4 is 66.4 Å². The Labute approximate surface area is 807 Å². The summed E-state index contributed by atoms with van der Waals surface area (Å²) in [5.41, 5.74) is 43.2. The summed E-state index contributed by atoms with van der Waals surface area (Å²) in [6, 6.07) is 192. The number of anilines is 6. The number of hydrogen-bond donors (Lipinski definition) is 0. The molecule has 650 valence electrons. The lowest BCUT2D eigenvalue weighted by Crippen LogP contribution is -2.44. The van der Waals surface area contributed by atoms with E-state index in [9.17, 15) is 0 Å². The minimum absolute atomic E-state index is 0.154. The van der Waals surface area contributed by atoms with Gasteiger partial charge in [0, 0.05) is 45.0 Å². The molecule has 2 spiro atoms. The lowest BCUT2D eigenvalue weighted by atomic mass is 9.51. The largest absolute Gasteiger partial charge is 0.310 e. The van der Waals surface area contributed by atoms with Crippen LogP contribution in [0.4, 0.5) is 34.1 Å². The van der Waals surface area contributed by atoms with Gasteiger partial charge in [-0.2, -0.15) is 0 Å². The van der Waals surface area contributed by atoms with Crippen LogP contribution in [0.15, 0.2) is 510 Å². The maximum Gasteiger partial charge on any atom is 0.0720 e. The van der Waals surface area contributed by atoms with E-state index in [1.165, 1.54) is 199 Å². The molecule has 0 amide bonds. The SMILES string of the molecule is CC1(C)c2ccccc2-c2ccc(N(c3ccc4c(c3)C(C)(C)c3ccccc3-4)c3ccc4c(c3)C3(c5ccccc5-4)c4ccccc4C(c4ccccc4)(c4ccccc4)c4ccccc43)cc21.c1ccc(-c2ccc(N(c3ccc4c(c3)C3(c5ccccc5-4)c4ccccc4C(c4ccccc4)(c4ccccc4)c4ccccc43)c3ccc4c5ccccc5c5ccccc5c4c3)cc2)cc1. The third-order valence-corrected chi connectivity index (χ3v) is 32.2. The second kappa shape index (κ2) is 30.9. The smallest absolute Gasteiger partial charge is 0.0720 e. The molecule has 138 heavy (non-hydrogen) atoms. The van der Waals surface area contributed by atoms with Crippen molar-refractivity contribution in [3.8, 4) is 55.6 Å². The Morgan fingerprint density at radius 2 is 0.341 bits per heavy atom. The highest BCUT2D eigenvalue weighted by molar-refractivity contribution is 6.26. The summed E-state index contributed by atoms with van der Waals surface area (Å²) in [5.74, 6) is 0. The van der Waals surface area contributed by atoms with E-state index in [1.807, 2.05) is 0 Å². The Hall–Kier alpha value is -16.8. The Balaban J connectivity index is 0.000000139. The average Bonchev–Trinajstić information content (AvgIpc) is 1.29. The lowest BCUT2D eigenvalue weighted by molar-refractivity contribution is 0.623. The molecule has 28 rings (SSSR count). The van der Waals surface area contributed by atoms with Crippen LogP contribution in [0.2, 0.25) is 0 Å². The highest BCUT2D eigenvalue weighted by Crippen LogP contribution is 2.69.